The van der Waals surface area contributed by atoms with Gasteiger partial charge in [0.2, 0.25) is 0 Å². The van der Waals surface area contributed by atoms with Crippen LogP contribution in [0.3, 0.4) is 0 Å². The summed E-state index contributed by atoms with van der Waals surface area (Å²) in [6.07, 6.45) is 4.42. The highest BCUT2D eigenvalue weighted by molar-refractivity contribution is 5.25. The summed E-state index contributed by atoms with van der Waals surface area (Å²) in [7, 11) is 0. The molecule has 5 atom stereocenters. The molecule has 0 aliphatic heterocycles. The molecule has 0 saturated heterocycles. The van der Waals surface area contributed by atoms with Crippen molar-refractivity contribution in [3.8, 4) is 0 Å². The van der Waals surface area contributed by atoms with Crippen LogP contribution in [0.5, 0.6) is 0 Å². The highest BCUT2D eigenvalue weighted by atomic mass is 16.3. The molecule has 68 valence electrons. The van der Waals surface area contributed by atoms with Crippen LogP contribution in [0.2, 0.25) is 0 Å². The number of hydrogen-bond acceptors (Lipinski definition) is 2. The number of aliphatic hydroxyl groups is 1. The second kappa shape index (κ2) is 1.73. The van der Waals surface area contributed by atoms with E-state index in [4.69, 9.17) is 5.73 Å². The molecule has 1 spiro atoms. The van der Waals surface area contributed by atoms with E-state index < -0.39 is 0 Å². The van der Waals surface area contributed by atoms with Gasteiger partial charge in [-0.2, -0.15) is 0 Å². The van der Waals surface area contributed by atoms with Crippen LogP contribution < -0.4 is 5.73 Å². The zero-order valence-electron chi connectivity index (χ0n) is 7.59. The second-order valence-electron chi connectivity index (χ2n) is 5.42. The Morgan fingerprint density at radius 3 is 2.83 bits per heavy atom. The van der Waals surface area contributed by atoms with E-state index in [1.807, 2.05) is 0 Å². The summed E-state index contributed by atoms with van der Waals surface area (Å²) in [6, 6.07) is 0.354. The Kier molecular flexibility index (Phi) is 1.06. The maximum Gasteiger partial charge on any atom is 0.0714 e. The molecule has 2 bridgehead atoms. The van der Waals surface area contributed by atoms with Gasteiger partial charge in [0.15, 0.2) is 0 Å². The van der Waals surface area contributed by atoms with E-state index in [0.717, 1.165) is 12.8 Å². The second-order valence-corrected chi connectivity index (χ2v) is 5.42. The summed E-state index contributed by atoms with van der Waals surface area (Å²) in [5.74, 6) is 1.24. The van der Waals surface area contributed by atoms with Gasteiger partial charge in [-0.1, -0.05) is 6.92 Å². The van der Waals surface area contributed by atoms with Crippen LogP contribution in [0.15, 0.2) is 0 Å². The Bertz CT molecular complexity index is 240. The van der Waals surface area contributed by atoms with E-state index in [-0.39, 0.29) is 5.60 Å². The first kappa shape index (κ1) is 7.34. The van der Waals surface area contributed by atoms with E-state index in [1.165, 1.54) is 12.8 Å². The molecular weight excluding hydrogens is 150 g/mol. The van der Waals surface area contributed by atoms with Gasteiger partial charge < -0.3 is 10.8 Å². The first-order chi connectivity index (χ1) is 5.56. The van der Waals surface area contributed by atoms with Crippen molar-refractivity contribution in [2.45, 2.75) is 44.2 Å². The van der Waals surface area contributed by atoms with Crippen LogP contribution in [0.25, 0.3) is 0 Å². The molecule has 3 fully saturated rings. The van der Waals surface area contributed by atoms with Crippen LogP contribution in [0.4, 0.5) is 0 Å². The summed E-state index contributed by atoms with van der Waals surface area (Å²) in [4.78, 5) is 0. The average Bonchev–Trinajstić information content (AvgIpc) is 2.41. The van der Waals surface area contributed by atoms with E-state index in [2.05, 4.69) is 6.92 Å². The Balaban J connectivity index is 1.95. The lowest BCUT2D eigenvalue weighted by Crippen LogP contribution is -2.40. The molecule has 3 aliphatic carbocycles. The Labute approximate surface area is 73.1 Å². The molecule has 3 N–H and O–H groups in total. The van der Waals surface area contributed by atoms with Crippen molar-refractivity contribution in [2.75, 3.05) is 0 Å². The largest absolute Gasteiger partial charge is 0.389 e. The topological polar surface area (TPSA) is 46.2 Å². The molecule has 0 heterocycles. The van der Waals surface area contributed by atoms with Gasteiger partial charge in [-0.3, -0.25) is 0 Å². The third-order valence-electron chi connectivity index (χ3n) is 4.66. The van der Waals surface area contributed by atoms with Gasteiger partial charge in [0.25, 0.3) is 0 Å². The molecule has 5 unspecified atom stereocenters. The van der Waals surface area contributed by atoms with Crippen molar-refractivity contribution in [1.82, 2.24) is 0 Å². The van der Waals surface area contributed by atoms with Crippen molar-refractivity contribution in [3.63, 3.8) is 0 Å². The SMILES string of the molecule is CC1CC23CC(CC2(O)C3)C1N. The van der Waals surface area contributed by atoms with Crippen molar-refractivity contribution in [3.05, 3.63) is 0 Å². The molecule has 2 heteroatoms. The summed E-state index contributed by atoms with van der Waals surface area (Å²) in [6.45, 7) is 2.24. The Morgan fingerprint density at radius 2 is 2.08 bits per heavy atom. The van der Waals surface area contributed by atoms with Gasteiger partial charge in [0.05, 0.1) is 5.60 Å². The summed E-state index contributed by atoms with van der Waals surface area (Å²) in [5, 5.41) is 10.1. The normalized spacial score (nSPS) is 67.8. The fourth-order valence-electron chi connectivity index (χ4n) is 3.91. The zero-order chi connectivity index (χ0) is 8.56. The third kappa shape index (κ3) is 0.612. The lowest BCUT2D eigenvalue weighted by atomic mass is 9.74. The highest BCUT2D eigenvalue weighted by Gasteiger charge is 2.74. The van der Waals surface area contributed by atoms with Crippen LogP contribution >= 0.6 is 0 Å². The van der Waals surface area contributed by atoms with Gasteiger partial charge in [0.1, 0.15) is 0 Å². The molecule has 0 aromatic carbocycles. The summed E-state index contributed by atoms with van der Waals surface area (Å²) < 4.78 is 0. The van der Waals surface area contributed by atoms with Crippen LogP contribution in [-0.2, 0) is 0 Å². The molecule has 3 rings (SSSR count). The zero-order valence-corrected chi connectivity index (χ0v) is 7.59. The minimum Gasteiger partial charge on any atom is -0.389 e. The van der Waals surface area contributed by atoms with Gasteiger partial charge in [-0.15, -0.1) is 0 Å². The molecule has 12 heavy (non-hydrogen) atoms. The fourth-order valence-corrected chi connectivity index (χ4v) is 3.91. The first-order valence-corrected chi connectivity index (χ1v) is 5.04. The van der Waals surface area contributed by atoms with Gasteiger partial charge in [-0.05, 0) is 37.5 Å². The van der Waals surface area contributed by atoms with Gasteiger partial charge in [-0.25, -0.2) is 0 Å². The minimum absolute atomic E-state index is 0.278. The fraction of sp³-hybridized carbons (Fsp3) is 1.00. The quantitative estimate of drug-likeness (QED) is 0.562. The number of nitrogens with two attached hydrogens (primary N) is 1. The molecule has 0 aromatic rings. The average molecular weight is 167 g/mol. The molecule has 3 saturated carbocycles. The van der Waals surface area contributed by atoms with Crippen LogP contribution in [-0.4, -0.2) is 16.7 Å². The predicted molar refractivity (Wildman–Crippen MR) is 46.5 cm³/mol. The standard InChI is InChI=1S/C10H17NO/c1-6-2-9-3-7(8(6)11)4-10(9,12)5-9/h6-8,12H,2-5,11H2,1H3. The third-order valence-corrected chi connectivity index (χ3v) is 4.66. The Morgan fingerprint density at radius 1 is 1.33 bits per heavy atom. The first-order valence-electron chi connectivity index (χ1n) is 5.04. The molecule has 3 aliphatic rings. The van der Waals surface area contributed by atoms with Crippen LogP contribution in [0.1, 0.15) is 32.6 Å². The molecular formula is C10H17NO. The number of hydrogen-bond donors (Lipinski definition) is 2. The van der Waals surface area contributed by atoms with Gasteiger partial charge >= 0.3 is 0 Å². The maximum absolute atomic E-state index is 10.1. The molecule has 0 amide bonds. The number of rotatable bonds is 0. The van der Waals surface area contributed by atoms with Crippen molar-refractivity contribution in [1.29, 1.82) is 0 Å². The van der Waals surface area contributed by atoms with Gasteiger partial charge in [0, 0.05) is 11.5 Å². The minimum atomic E-state index is -0.278. The number of fused-ring (bicyclic) bond motifs is 1. The molecule has 0 aromatic heterocycles. The van der Waals surface area contributed by atoms with E-state index in [9.17, 15) is 5.11 Å². The van der Waals surface area contributed by atoms with E-state index in [0.29, 0.717) is 23.3 Å². The smallest absolute Gasteiger partial charge is 0.0714 e. The van der Waals surface area contributed by atoms with Crippen molar-refractivity contribution < 1.29 is 5.11 Å². The predicted octanol–water partition coefficient (Wildman–Crippen LogP) is 0.885. The maximum atomic E-state index is 10.1. The summed E-state index contributed by atoms with van der Waals surface area (Å²) in [5.41, 5.74) is 6.14. The van der Waals surface area contributed by atoms with Crippen molar-refractivity contribution in [2.24, 2.45) is 23.0 Å². The Hall–Kier alpha value is -0.0800. The highest BCUT2D eigenvalue weighted by Crippen LogP contribution is 2.73. The molecule has 2 nitrogen and oxygen atoms in total. The van der Waals surface area contributed by atoms with E-state index in [1.54, 1.807) is 0 Å². The monoisotopic (exact) mass is 167 g/mol. The lowest BCUT2D eigenvalue weighted by Gasteiger charge is -2.34. The molecule has 0 radical (unpaired) electrons. The van der Waals surface area contributed by atoms with Crippen LogP contribution in [0, 0.1) is 17.3 Å². The van der Waals surface area contributed by atoms with Crippen molar-refractivity contribution >= 4 is 0 Å². The van der Waals surface area contributed by atoms with E-state index >= 15 is 0 Å². The lowest BCUT2D eigenvalue weighted by molar-refractivity contribution is 0.112. The summed E-state index contributed by atoms with van der Waals surface area (Å²) >= 11 is 0.